The number of ether oxygens (including phenoxy) is 1. The number of methoxy groups -OCH3 is 1. The molecule has 4 nitrogen and oxygen atoms in total. The number of halogens is 1. The largest absolute Gasteiger partial charge is 0.495 e. The lowest BCUT2D eigenvalue weighted by Gasteiger charge is -2.12. The zero-order chi connectivity index (χ0) is 12.1. The highest BCUT2D eigenvalue weighted by Crippen LogP contribution is 2.27. The second-order valence-electron chi connectivity index (χ2n) is 3.49. The van der Waals surface area contributed by atoms with Gasteiger partial charge in [0.05, 0.1) is 18.7 Å². The van der Waals surface area contributed by atoms with Gasteiger partial charge in [-0.25, -0.2) is 0 Å². The molecule has 0 unspecified atom stereocenters. The number of nitrogens with zero attached hydrogens (tertiary/aromatic N) is 1. The Labute approximate surface area is 100 Å². The third-order valence-electron chi connectivity index (χ3n) is 2.09. The predicted molar refractivity (Wildman–Crippen MR) is 65.2 cm³/mol. The fraction of sp³-hybridized carbons (Fsp3) is 0.364. The summed E-state index contributed by atoms with van der Waals surface area (Å²) in [5, 5.41) is 3.55. The molecule has 0 bridgehead atoms. The molecule has 0 saturated heterocycles. The molecule has 0 atom stereocenters. The Morgan fingerprint density at radius 3 is 2.75 bits per heavy atom. The minimum absolute atomic E-state index is 0.00826. The van der Waals surface area contributed by atoms with Gasteiger partial charge in [-0.05, 0) is 12.1 Å². The molecule has 1 aromatic rings. The van der Waals surface area contributed by atoms with Crippen molar-refractivity contribution in [2.75, 3.05) is 33.1 Å². The van der Waals surface area contributed by atoms with Crippen molar-refractivity contribution in [3.05, 3.63) is 23.2 Å². The zero-order valence-electron chi connectivity index (χ0n) is 9.58. The Morgan fingerprint density at radius 1 is 1.50 bits per heavy atom. The number of likely N-dealkylation sites (N-methyl/N-ethyl adjacent to an activating group) is 1. The molecule has 16 heavy (non-hydrogen) atoms. The van der Waals surface area contributed by atoms with Crippen LogP contribution >= 0.6 is 11.6 Å². The maximum absolute atomic E-state index is 11.3. The van der Waals surface area contributed by atoms with Crippen molar-refractivity contribution in [3.63, 3.8) is 0 Å². The Kier molecular flexibility index (Phi) is 4.43. The summed E-state index contributed by atoms with van der Waals surface area (Å²) in [5.74, 6) is 0.595. The molecule has 1 amide bonds. The van der Waals surface area contributed by atoms with Gasteiger partial charge in [0.25, 0.3) is 0 Å². The molecule has 0 aliphatic carbocycles. The summed E-state index contributed by atoms with van der Waals surface area (Å²) < 4.78 is 5.07. The van der Waals surface area contributed by atoms with Crippen LogP contribution in [0.2, 0.25) is 5.02 Å². The Morgan fingerprint density at radius 2 is 2.19 bits per heavy atom. The van der Waals surface area contributed by atoms with E-state index in [0.717, 1.165) is 5.69 Å². The molecule has 5 heteroatoms. The third-order valence-corrected chi connectivity index (χ3v) is 2.41. The van der Waals surface area contributed by atoms with Gasteiger partial charge in [-0.1, -0.05) is 11.6 Å². The minimum atomic E-state index is 0.00826. The van der Waals surface area contributed by atoms with E-state index in [1.54, 1.807) is 39.4 Å². The van der Waals surface area contributed by atoms with Gasteiger partial charge >= 0.3 is 0 Å². The van der Waals surface area contributed by atoms with E-state index >= 15 is 0 Å². The SMILES string of the molecule is COc1cc(NCC(=O)N(C)C)ccc1Cl. The topological polar surface area (TPSA) is 41.6 Å². The molecule has 1 rings (SSSR count). The first-order valence-electron chi connectivity index (χ1n) is 4.82. The molecular formula is C11H15ClN2O2. The van der Waals surface area contributed by atoms with Crippen LogP contribution in [0.5, 0.6) is 5.75 Å². The molecule has 0 radical (unpaired) electrons. The zero-order valence-corrected chi connectivity index (χ0v) is 10.3. The first-order chi connectivity index (χ1) is 7.54. The lowest BCUT2D eigenvalue weighted by atomic mass is 10.3. The van der Waals surface area contributed by atoms with Crippen molar-refractivity contribution in [1.29, 1.82) is 0 Å². The van der Waals surface area contributed by atoms with E-state index < -0.39 is 0 Å². The van der Waals surface area contributed by atoms with Gasteiger partial charge in [-0.3, -0.25) is 4.79 Å². The van der Waals surface area contributed by atoms with Gasteiger partial charge in [0.15, 0.2) is 0 Å². The number of carbonyl (C=O) groups excluding carboxylic acids is 1. The van der Waals surface area contributed by atoms with Gasteiger partial charge in [0.2, 0.25) is 5.91 Å². The number of anilines is 1. The van der Waals surface area contributed by atoms with E-state index in [9.17, 15) is 4.79 Å². The molecule has 1 aromatic carbocycles. The molecule has 0 heterocycles. The van der Waals surface area contributed by atoms with E-state index in [-0.39, 0.29) is 12.5 Å². The maximum atomic E-state index is 11.3. The second-order valence-corrected chi connectivity index (χ2v) is 3.90. The van der Waals surface area contributed by atoms with Crippen LogP contribution in [0.4, 0.5) is 5.69 Å². The average molecular weight is 243 g/mol. The lowest BCUT2D eigenvalue weighted by molar-refractivity contribution is -0.126. The van der Waals surface area contributed by atoms with Crippen LogP contribution in [-0.2, 0) is 4.79 Å². The van der Waals surface area contributed by atoms with Gasteiger partial charge < -0.3 is 15.0 Å². The summed E-state index contributed by atoms with van der Waals surface area (Å²) in [6.45, 7) is 0.248. The van der Waals surface area contributed by atoms with E-state index in [0.29, 0.717) is 10.8 Å². The van der Waals surface area contributed by atoms with E-state index in [2.05, 4.69) is 5.32 Å². The standard InChI is InChI=1S/C11H15ClN2O2/c1-14(2)11(15)7-13-8-4-5-9(12)10(6-8)16-3/h4-6,13H,7H2,1-3H3. The molecule has 1 N–H and O–H groups in total. The quantitative estimate of drug-likeness (QED) is 0.876. The van der Waals surface area contributed by atoms with Crippen LogP contribution in [0.15, 0.2) is 18.2 Å². The van der Waals surface area contributed by atoms with Gasteiger partial charge in [-0.2, -0.15) is 0 Å². The number of nitrogens with one attached hydrogen (secondary N) is 1. The van der Waals surface area contributed by atoms with Crippen molar-refractivity contribution in [1.82, 2.24) is 4.90 Å². The lowest BCUT2D eigenvalue weighted by Crippen LogP contribution is -2.28. The van der Waals surface area contributed by atoms with Crippen molar-refractivity contribution < 1.29 is 9.53 Å². The molecule has 0 aliphatic rings. The second kappa shape index (κ2) is 5.61. The highest BCUT2D eigenvalue weighted by atomic mass is 35.5. The van der Waals surface area contributed by atoms with Crippen LogP contribution in [-0.4, -0.2) is 38.6 Å². The normalized spacial score (nSPS) is 9.75. The first kappa shape index (κ1) is 12.6. The van der Waals surface area contributed by atoms with E-state index in [1.165, 1.54) is 4.90 Å². The Balaban J connectivity index is 2.64. The highest BCUT2D eigenvalue weighted by molar-refractivity contribution is 6.32. The highest BCUT2D eigenvalue weighted by Gasteiger charge is 2.05. The van der Waals surface area contributed by atoms with E-state index in [4.69, 9.17) is 16.3 Å². The molecule has 0 saturated carbocycles. The summed E-state index contributed by atoms with van der Waals surface area (Å²) >= 11 is 5.88. The Hall–Kier alpha value is -1.42. The smallest absolute Gasteiger partial charge is 0.241 e. The number of benzene rings is 1. The number of hydrogen-bond donors (Lipinski definition) is 1. The number of rotatable bonds is 4. The summed E-state index contributed by atoms with van der Waals surface area (Å²) in [5.41, 5.74) is 0.802. The minimum Gasteiger partial charge on any atom is -0.495 e. The van der Waals surface area contributed by atoms with Crippen LogP contribution in [0, 0.1) is 0 Å². The predicted octanol–water partition coefficient (Wildman–Crippen LogP) is 1.85. The number of hydrogen-bond acceptors (Lipinski definition) is 3. The molecule has 0 spiro atoms. The number of carbonyl (C=O) groups is 1. The molecular weight excluding hydrogens is 228 g/mol. The summed E-state index contributed by atoms with van der Waals surface area (Å²) in [4.78, 5) is 12.9. The molecule has 88 valence electrons. The average Bonchev–Trinajstić information content (AvgIpc) is 2.27. The monoisotopic (exact) mass is 242 g/mol. The molecule has 0 aromatic heterocycles. The van der Waals surface area contributed by atoms with Crippen LogP contribution in [0.1, 0.15) is 0 Å². The Bertz CT molecular complexity index is 380. The fourth-order valence-corrected chi connectivity index (χ4v) is 1.30. The number of amides is 1. The van der Waals surface area contributed by atoms with Crippen molar-refractivity contribution in [3.8, 4) is 5.75 Å². The van der Waals surface area contributed by atoms with Crippen molar-refractivity contribution in [2.24, 2.45) is 0 Å². The summed E-state index contributed by atoms with van der Waals surface area (Å²) in [6.07, 6.45) is 0. The van der Waals surface area contributed by atoms with Gasteiger partial charge in [-0.15, -0.1) is 0 Å². The van der Waals surface area contributed by atoms with Crippen LogP contribution < -0.4 is 10.1 Å². The molecule has 0 aliphatic heterocycles. The molecule has 0 fully saturated rings. The summed E-state index contributed by atoms with van der Waals surface area (Å²) in [7, 11) is 4.98. The maximum Gasteiger partial charge on any atom is 0.241 e. The van der Waals surface area contributed by atoms with Crippen molar-refractivity contribution in [2.45, 2.75) is 0 Å². The van der Waals surface area contributed by atoms with Gasteiger partial charge in [0.1, 0.15) is 5.75 Å². The fourth-order valence-electron chi connectivity index (χ4n) is 1.11. The van der Waals surface area contributed by atoms with Crippen molar-refractivity contribution >= 4 is 23.2 Å². The van der Waals surface area contributed by atoms with E-state index in [1.807, 2.05) is 0 Å². The first-order valence-corrected chi connectivity index (χ1v) is 5.20. The van der Waals surface area contributed by atoms with Gasteiger partial charge in [0, 0.05) is 25.8 Å². The summed E-state index contributed by atoms with van der Waals surface area (Å²) in [6, 6.07) is 5.28. The third kappa shape index (κ3) is 3.31. The van der Waals surface area contributed by atoms with Crippen LogP contribution in [0.25, 0.3) is 0 Å². The van der Waals surface area contributed by atoms with Crippen LogP contribution in [0.3, 0.4) is 0 Å².